The second-order valence-corrected chi connectivity index (χ2v) is 8.61. The number of carboxylic acid groups (broad SMARTS) is 1. The summed E-state index contributed by atoms with van der Waals surface area (Å²) in [6.07, 6.45) is 0.186. The summed E-state index contributed by atoms with van der Waals surface area (Å²) in [6, 6.07) is 14.5. The molecule has 1 heterocycles. The standard InChI is InChI=1S/C24H30N2O5/c1-24(2,3)31-23(29)25-13-6-14-30-20-11-9-17(10-12-20)21(22(27)28)26-15-18-7-4-5-8-19(18)16-26/h4-5,7-12,21H,6,13-16H2,1-3H3,(H,25,29)(H,27,28)/t21-/m1/s1. The Labute approximate surface area is 183 Å². The average Bonchev–Trinajstić information content (AvgIpc) is 3.10. The Kier molecular flexibility index (Phi) is 7.17. The quantitative estimate of drug-likeness (QED) is 0.618. The highest BCUT2D eigenvalue weighted by molar-refractivity contribution is 5.75. The SMILES string of the molecule is CC(C)(C)OC(=O)NCCCOc1ccc([C@H](C(=O)O)N2Cc3ccccc3C2)cc1. The van der Waals surface area contributed by atoms with Crippen LogP contribution in [-0.2, 0) is 22.6 Å². The predicted molar refractivity (Wildman–Crippen MR) is 117 cm³/mol. The van der Waals surface area contributed by atoms with Crippen LogP contribution in [0, 0.1) is 0 Å². The third-order valence-electron chi connectivity index (χ3n) is 4.92. The number of alkyl carbamates (subject to hydrolysis) is 1. The van der Waals surface area contributed by atoms with Gasteiger partial charge in [0.1, 0.15) is 17.4 Å². The number of carbonyl (C=O) groups excluding carboxylic acids is 1. The Balaban J connectivity index is 1.49. The Morgan fingerprint density at radius 1 is 1.06 bits per heavy atom. The van der Waals surface area contributed by atoms with Crippen LogP contribution in [0.15, 0.2) is 48.5 Å². The van der Waals surface area contributed by atoms with E-state index in [9.17, 15) is 14.7 Å². The number of carboxylic acids is 1. The summed E-state index contributed by atoms with van der Waals surface area (Å²) in [4.78, 5) is 25.6. The van der Waals surface area contributed by atoms with Crippen molar-refractivity contribution in [2.24, 2.45) is 0 Å². The normalized spacial score (nSPS) is 14.5. The topological polar surface area (TPSA) is 88.1 Å². The number of carbonyl (C=O) groups is 2. The smallest absolute Gasteiger partial charge is 0.407 e. The van der Waals surface area contributed by atoms with Crippen LogP contribution in [0.25, 0.3) is 0 Å². The van der Waals surface area contributed by atoms with E-state index < -0.39 is 23.7 Å². The number of fused-ring (bicyclic) bond motifs is 1. The van der Waals surface area contributed by atoms with E-state index in [2.05, 4.69) is 5.32 Å². The van der Waals surface area contributed by atoms with Crippen molar-refractivity contribution in [1.82, 2.24) is 10.2 Å². The van der Waals surface area contributed by atoms with Crippen molar-refractivity contribution in [3.8, 4) is 5.75 Å². The molecule has 2 aromatic rings. The third kappa shape index (κ3) is 6.46. The van der Waals surface area contributed by atoms with Gasteiger partial charge in [0.15, 0.2) is 0 Å². The molecular weight excluding hydrogens is 396 g/mol. The van der Waals surface area contributed by atoms with Crippen LogP contribution in [-0.4, -0.2) is 40.8 Å². The van der Waals surface area contributed by atoms with Gasteiger partial charge in [0.25, 0.3) is 0 Å². The number of benzene rings is 2. The van der Waals surface area contributed by atoms with Crippen LogP contribution < -0.4 is 10.1 Å². The predicted octanol–water partition coefficient (Wildman–Crippen LogP) is 4.12. The van der Waals surface area contributed by atoms with Crippen molar-refractivity contribution in [1.29, 1.82) is 0 Å². The molecule has 7 nitrogen and oxygen atoms in total. The van der Waals surface area contributed by atoms with Gasteiger partial charge in [-0.2, -0.15) is 0 Å². The van der Waals surface area contributed by atoms with Crippen LogP contribution in [0.4, 0.5) is 4.79 Å². The van der Waals surface area contributed by atoms with E-state index >= 15 is 0 Å². The number of nitrogens with one attached hydrogen (secondary N) is 1. The fourth-order valence-corrected chi connectivity index (χ4v) is 3.56. The maximum absolute atomic E-state index is 12.0. The minimum absolute atomic E-state index is 0.430. The maximum Gasteiger partial charge on any atom is 0.407 e. The number of nitrogens with zero attached hydrogens (tertiary/aromatic N) is 1. The molecule has 1 aliphatic rings. The maximum atomic E-state index is 12.0. The minimum Gasteiger partial charge on any atom is -0.494 e. The van der Waals surface area contributed by atoms with Gasteiger partial charge < -0.3 is 19.9 Å². The molecule has 0 saturated heterocycles. The van der Waals surface area contributed by atoms with Crippen LogP contribution in [0.5, 0.6) is 5.75 Å². The van der Waals surface area contributed by atoms with Gasteiger partial charge in [-0.15, -0.1) is 0 Å². The molecule has 0 radical (unpaired) electrons. The molecule has 1 aliphatic heterocycles. The summed E-state index contributed by atoms with van der Waals surface area (Å²) >= 11 is 0. The highest BCUT2D eigenvalue weighted by Crippen LogP contribution is 2.32. The molecule has 1 atom stereocenters. The number of ether oxygens (including phenoxy) is 2. The molecule has 2 N–H and O–H groups in total. The first-order valence-corrected chi connectivity index (χ1v) is 10.5. The number of hydrogen-bond acceptors (Lipinski definition) is 5. The summed E-state index contributed by atoms with van der Waals surface area (Å²) in [5.41, 5.74) is 2.55. The fraction of sp³-hybridized carbons (Fsp3) is 0.417. The molecule has 3 rings (SSSR count). The molecule has 7 heteroatoms. The van der Waals surface area contributed by atoms with E-state index in [4.69, 9.17) is 9.47 Å². The van der Waals surface area contributed by atoms with Gasteiger partial charge in [-0.3, -0.25) is 9.69 Å². The molecule has 0 fully saturated rings. The highest BCUT2D eigenvalue weighted by atomic mass is 16.6. The number of aliphatic carboxylic acids is 1. The third-order valence-corrected chi connectivity index (χ3v) is 4.92. The number of rotatable bonds is 8. The summed E-state index contributed by atoms with van der Waals surface area (Å²) in [7, 11) is 0. The highest BCUT2D eigenvalue weighted by Gasteiger charge is 2.31. The number of amides is 1. The van der Waals surface area contributed by atoms with Gasteiger partial charge in [-0.25, -0.2) is 4.79 Å². The largest absolute Gasteiger partial charge is 0.494 e. The van der Waals surface area contributed by atoms with Crippen molar-refractivity contribution in [2.45, 2.75) is 51.9 Å². The summed E-state index contributed by atoms with van der Waals surface area (Å²) in [5.74, 6) is -0.204. The molecule has 31 heavy (non-hydrogen) atoms. The lowest BCUT2D eigenvalue weighted by molar-refractivity contribution is -0.143. The summed E-state index contributed by atoms with van der Waals surface area (Å²) < 4.78 is 10.9. The van der Waals surface area contributed by atoms with Crippen molar-refractivity contribution in [3.05, 3.63) is 65.2 Å². The first kappa shape index (κ1) is 22.6. The van der Waals surface area contributed by atoms with E-state index in [-0.39, 0.29) is 0 Å². The van der Waals surface area contributed by atoms with Crippen LogP contribution in [0.3, 0.4) is 0 Å². The zero-order valence-corrected chi connectivity index (χ0v) is 18.3. The van der Waals surface area contributed by atoms with Gasteiger partial charge in [0.2, 0.25) is 0 Å². The van der Waals surface area contributed by atoms with E-state index in [1.165, 1.54) is 11.1 Å². The summed E-state index contributed by atoms with van der Waals surface area (Å²) in [5, 5.41) is 12.5. The molecule has 166 valence electrons. The minimum atomic E-state index is -0.866. The second-order valence-electron chi connectivity index (χ2n) is 8.61. The first-order valence-electron chi connectivity index (χ1n) is 10.5. The zero-order chi connectivity index (χ0) is 22.4. The van der Waals surface area contributed by atoms with Gasteiger partial charge in [0.05, 0.1) is 6.61 Å². The van der Waals surface area contributed by atoms with Crippen LogP contribution >= 0.6 is 0 Å². The van der Waals surface area contributed by atoms with Crippen molar-refractivity contribution in [3.63, 3.8) is 0 Å². The second kappa shape index (κ2) is 9.83. The van der Waals surface area contributed by atoms with Gasteiger partial charge in [-0.05, 0) is 56.0 Å². The molecule has 0 aromatic heterocycles. The molecule has 0 saturated carbocycles. The summed E-state index contributed by atoms with van der Waals surface area (Å²) in [6.45, 7) is 7.57. The molecule has 0 spiro atoms. The lowest BCUT2D eigenvalue weighted by Gasteiger charge is -2.24. The number of hydrogen-bond donors (Lipinski definition) is 2. The van der Waals surface area contributed by atoms with Crippen LogP contribution in [0.2, 0.25) is 0 Å². The molecule has 0 unspecified atom stereocenters. The monoisotopic (exact) mass is 426 g/mol. The van der Waals surface area contributed by atoms with Gasteiger partial charge >= 0.3 is 12.1 Å². The lowest BCUT2D eigenvalue weighted by atomic mass is 10.1. The van der Waals surface area contributed by atoms with Crippen LogP contribution in [0.1, 0.15) is 49.9 Å². The van der Waals surface area contributed by atoms with Crippen molar-refractivity contribution >= 4 is 12.1 Å². The van der Waals surface area contributed by atoms with Gasteiger partial charge in [-0.1, -0.05) is 36.4 Å². The molecule has 2 aromatic carbocycles. The Morgan fingerprint density at radius 2 is 1.68 bits per heavy atom. The molecule has 0 aliphatic carbocycles. The average molecular weight is 427 g/mol. The Bertz CT molecular complexity index is 880. The Hall–Kier alpha value is -3.06. The van der Waals surface area contributed by atoms with Crippen molar-refractivity contribution < 1.29 is 24.2 Å². The lowest BCUT2D eigenvalue weighted by Crippen LogP contribution is -2.33. The molecule has 1 amide bonds. The van der Waals surface area contributed by atoms with E-state index in [1.807, 2.05) is 49.9 Å². The fourth-order valence-electron chi connectivity index (χ4n) is 3.56. The molecular formula is C24H30N2O5. The Morgan fingerprint density at radius 3 is 2.23 bits per heavy atom. The van der Waals surface area contributed by atoms with Gasteiger partial charge in [0, 0.05) is 19.6 Å². The van der Waals surface area contributed by atoms with E-state index in [0.717, 1.165) is 5.56 Å². The zero-order valence-electron chi connectivity index (χ0n) is 18.3. The van der Waals surface area contributed by atoms with E-state index in [1.54, 1.807) is 24.3 Å². The van der Waals surface area contributed by atoms with Crippen molar-refractivity contribution in [2.75, 3.05) is 13.2 Å². The molecule has 0 bridgehead atoms. The first-order chi connectivity index (χ1) is 14.7. The van der Waals surface area contributed by atoms with E-state index in [0.29, 0.717) is 38.4 Å².